The zero-order chi connectivity index (χ0) is 22.8. The lowest BCUT2D eigenvalue weighted by molar-refractivity contribution is 0.497. The van der Waals surface area contributed by atoms with Gasteiger partial charge in [-0.2, -0.15) is 0 Å². The van der Waals surface area contributed by atoms with Crippen molar-refractivity contribution in [3.8, 4) is 16.3 Å². The van der Waals surface area contributed by atoms with Gasteiger partial charge in [0.15, 0.2) is 5.82 Å². The van der Waals surface area contributed by atoms with E-state index in [2.05, 4.69) is 88.3 Å². The second-order valence-electron chi connectivity index (χ2n) is 7.80. The first-order chi connectivity index (χ1) is 16.1. The van der Waals surface area contributed by atoms with Crippen LogP contribution in [0.4, 0.5) is 0 Å². The van der Waals surface area contributed by atoms with Crippen LogP contribution in [-0.4, -0.2) is 20.4 Å². The largest absolute Gasteiger partial charge is 0.322 e. The summed E-state index contributed by atoms with van der Waals surface area (Å²) >= 11 is 1.66. The monoisotopic (exact) mass is 452 g/mol. The van der Waals surface area contributed by atoms with Gasteiger partial charge in [0.25, 0.3) is 0 Å². The van der Waals surface area contributed by atoms with Gasteiger partial charge in [-0.3, -0.25) is 14.9 Å². The topological polar surface area (TPSA) is 57.5 Å². The second-order valence-corrected chi connectivity index (χ2v) is 8.75. The van der Waals surface area contributed by atoms with Crippen molar-refractivity contribution in [1.29, 1.82) is 0 Å². The Morgan fingerprint density at radius 1 is 1.06 bits per heavy atom. The molecule has 7 heteroatoms. The SMILES string of the molecule is C=C(NC1=NNC(=C)N1Cc1ccccc1)c1nc(-c2cccs2)cn1-c1ccc(C)cc1. The normalized spacial score (nSPS) is 13.1. The van der Waals surface area contributed by atoms with E-state index >= 15 is 0 Å². The summed E-state index contributed by atoms with van der Waals surface area (Å²) in [4.78, 5) is 8.01. The lowest BCUT2D eigenvalue weighted by Crippen LogP contribution is -2.36. The van der Waals surface area contributed by atoms with E-state index in [9.17, 15) is 0 Å². The standard InChI is InChI=1S/C26H24N6S/c1-18-11-13-22(14-12-18)32-17-23(24-10-7-15-33-24)28-25(32)19(2)27-26-30-29-20(3)31(26)16-21-8-5-4-6-9-21/h4-15,17,29H,2-3,16H2,1H3,(H,27,30). The maximum atomic E-state index is 4.92. The molecule has 0 saturated carbocycles. The fourth-order valence-electron chi connectivity index (χ4n) is 3.63. The number of nitrogens with one attached hydrogen (secondary N) is 2. The summed E-state index contributed by atoms with van der Waals surface area (Å²) in [6, 6.07) is 22.7. The van der Waals surface area contributed by atoms with Gasteiger partial charge >= 0.3 is 0 Å². The number of guanidine groups is 1. The average molecular weight is 453 g/mol. The van der Waals surface area contributed by atoms with Gasteiger partial charge in [-0.15, -0.1) is 16.4 Å². The minimum Gasteiger partial charge on any atom is -0.322 e. The molecule has 0 spiro atoms. The molecule has 33 heavy (non-hydrogen) atoms. The van der Waals surface area contributed by atoms with Gasteiger partial charge in [0.05, 0.1) is 22.8 Å². The highest BCUT2D eigenvalue weighted by Crippen LogP contribution is 2.28. The summed E-state index contributed by atoms with van der Waals surface area (Å²) in [5, 5.41) is 9.83. The molecular formula is C26H24N6S. The lowest BCUT2D eigenvalue weighted by atomic mass is 10.2. The zero-order valence-electron chi connectivity index (χ0n) is 18.3. The van der Waals surface area contributed by atoms with Gasteiger partial charge < -0.3 is 5.32 Å². The summed E-state index contributed by atoms with van der Waals surface area (Å²) < 4.78 is 2.06. The third-order valence-corrected chi connectivity index (χ3v) is 6.27. The highest BCUT2D eigenvalue weighted by molar-refractivity contribution is 7.13. The van der Waals surface area contributed by atoms with Gasteiger partial charge in [-0.25, -0.2) is 4.98 Å². The lowest BCUT2D eigenvalue weighted by Gasteiger charge is -2.22. The molecule has 1 aliphatic rings. The Morgan fingerprint density at radius 2 is 1.85 bits per heavy atom. The summed E-state index contributed by atoms with van der Waals surface area (Å²) in [7, 11) is 0. The maximum absolute atomic E-state index is 4.92. The van der Waals surface area contributed by atoms with E-state index in [0.717, 1.165) is 27.6 Å². The zero-order valence-corrected chi connectivity index (χ0v) is 19.1. The van der Waals surface area contributed by atoms with E-state index in [0.29, 0.717) is 24.0 Å². The number of hydrazone groups is 1. The number of hydrogen-bond donors (Lipinski definition) is 2. The van der Waals surface area contributed by atoms with Crippen molar-refractivity contribution >= 4 is 23.0 Å². The molecule has 5 rings (SSSR count). The van der Waals surface area contributed by atoms with Gasteiger partial charge in [0.1, 0.15) is 5.82 Å². The van der Waals surface area contributed by atoms with Crippen molar-refractivity contribution in [3.63, 3.8) is 0 Å². The first kappa shape index (κ1) is 20.8. The second kappa shape index (κ2) is 8.80. The Labute approximate surface area is 197 Å². The van der Waals surface area contributed by atoms with Crippen LogP contribution in [0.15, 0.2) is 102 Å². The van der Waals surface area contributed by atoms with Crippen molar-refractivity contribution in [2.75, 3.05) is 0 Å². The number of thiophene rings is 1. The number of aromatic nitrogens is 2. The number of rotatable bonds is 6. The van der Waals surface area contributed by atoms with Gasteiger partial charge in [0.2, 0.25) is 5.96 Å². The van der Waals surface area contributed by atoms with Crippen LogP contribution in [0.1, 0.15) is 17.0 Å². The molecular weight excluding hydrogens is 428 g/mol. The summed E-state index contributed by atoms with van der Waals surface area (Å²) in [6.07, 6.45) is 2.05. The minimum absolute atomic E-state index is 0.630. The Kier molecular flexibility index (Phi) is 5.54. The predicted octanol–water partition coefficient (Wildman–Crippen LogP) is 5.32. The first-order valence-corrected chi connectivity index (χ1v) is 11.5. The van der Waals surface area contributed by atoms with Crippen molar-refractivity contribution in [3.05, 3.63) is 114 Å². The molecule has 2 N–H and O–H groups in total. The summed E-state index contributed by atoms with van der Waals surface area (Å²) in [5.41, 5.74) is 7.90. The molecule has 0 radical (unpaired) electrons. The molecule has 164 valence electrons. The summed E-state index contributed by atoms with van der Waals surface area (Å²) in [5.74, 6) is 2.06. The van der Waals surface area contributed by atoms with Gasteiger partial charge in [-0.1, -0.05) is 67.3 Å². The van der Waals surface area contributed by atoms with Crippen LogP contribution >= 0.6 is 11.3 Å². The van der Waals surface area contributed by atoms with Crippen molar-refractivity contribution in [1.82, 2.24) is 25.2 Å². The predicted molar refractivity (Wildman–Crippen MR) is 135 cm³/mol. The Morgan fingerprint density at radius 3 is 2.58 bits per heavy atom. The molecule has 0 aliphatic carbocycles. The fraction of sp³-hybridized carbons (Fsp3) is 0.0769. The maximum Gasteiger partial charge on any atom is 0.227 e. The van der Waals surface area contributed by atoms with Gasteiger partial charge in [0, 0.05) is 11.9 Å². The number of nitrogens with zero attached hydrogens (tertiary/aromatic N) is 4. The molecule has 0 amide bonds. The Hall–Kier alpha value is -4.10. The van der Waals surface area contributed by atoms with Crippen LogP contribution in [-0.2, 0) is 6.54 Å². The fourth-order valence-corrected chi connectivity index (χ4v) is 4.31. The molecule has 2 aromatic carbocycles. The summed E-state index contributed by atoms with van der Waals surface area (Å²) in [6.45, 7) is 11.1. The number of benzene rings is 2. The molecule has 0 fully saturated rings. The molecule has 0 saturated heterocycles. The third kappa shape index (κ3) is 4.31. The highest BCUT2D eigenvalue weighted by atomic mass is 32.1. The molecule has 1 aliphatic heterocycles. The van der Waals surface area contributed by atoms with Crippen LogP contribution in [0.3, 0.4) is 0 Å². The Balaban J connectivity index is 1.45. The molecule has 0 bridgehead atoms. The average Bonchev–Trinajstić information content (AvgIpc) is 3.57. The third-order valence-electron chi connectivity index (χ3n) is 5.38. The highest BCUT2D eigenvalue weighted by Gasteiger charge is 2.23. The molecule has 3 heterocycles. The van der Waals surface area contributed by atoms with Crippen molar-refractivity contribution in [2.45, 2.75) is 13.5 Å². The Bertz CT molecular complexity index is 1320. The first-order valence-electron chi connectivity index (χ1n) is 10.6. The van der Waals surface area contributed by atoms with Crippen molar-refractivity contribution in [2.24, 2.45) is 5.10 Å². The van der Waals surface area contributed by atoms with E-state index in [-0.39, 0.29) is 0 Å². The van der Waals surface area contributed by atoms with E-state index in [4.69, 9.17) is 4.98 Å². The molecule has 6 nitrogen and oxygen atoms in total. The van der Waals surface area contributed by atoms with Gasteiger partial charge in [-0.05, 0) is 36.1 Å². The molecule has 0 unspecified atom stereocenters. The van der Waals surface area contributed by atoms with E-state index in [1.165, 1.54) is 5.56 Å². The van der Waals surface area contributed by atoms with Crippen LogP contribution in [0.25, 0.3) is 22.0 Å². The van der Waals surface area contributed by atoms with Crippen LogP contribution in [0.2, 0.25) is 0 Å². The van der Waals surface area contributed by atoms with E-state index < -0.39 is 0 Å². The molecule has 4 aromatic rings. The van der Waals surface area contributed by atoms with Crippen LogP contribution in [0, 0.1) is 6.92 Å². The van der Waals surface area contributed by atoms with E-state index in [1.54, 1.807) is 11.3 Å². The van der Waals surface area contributed by atoms with E-state index in [1.807, 2.05) is 35.4 Å². The molecule has 0 atom stereocenters. The smallest absolute Gasteiger partial charge is 0.227 e. The minimum atomic E-state index is 0.630. The molecule has 2 aromatic heterocycles. The van der Waals surface area contributed by atoms with Crippen molar-refractivity contribution < 1.29 is 0 Å². The van der Waals surface area contributed by atoms with Crippen LogP contribution in [0.5, 0.6) is 0 Å². The quantitative estimate of drug-likeness (QED) is 0.416. The number of aryl methyl sites for hydroxylation is 1. The van der Waals surface area contributed by atoms with Crippen LogP contribution < -0.4 is 10.7 Å². The number of hydrogen-bond acceptors (Lipinski definition) is 6. The number of imidazole rings is 1.